The van der Waals surface area contributed by atoms with E-state index in [2.05, 4.69) is 5.32 Å². The van der Waals surface area contributed by atoms with Gasteiger partial charge in [-0.05, 0) is 54.1 Å². The van der Waals surface area contributed by atoms with Gasteiger partial charge in [0.05, 0.1) is 7.11 Å². The third kappa shape index (κ3) is 5.78. The Hall–Kier alpha value is -3.47. The van der Waals surface area contributed by atoms with Crippen molar-refractivity contribution in [1.29, 1.82) is 0 Å². The first kappa shape index (κ1) is 18.3. The molecule has 0 aromatic heterocycles. The maximum absolute atomic E-state index is 12.0. The van der Waals surface area contributed by atoms with Crippen LogP contribution in [0.1, 0.15) is 5.56 Å². The van der Waals surface area contributed by atoms with Gasteiger partial charge in [-0.25, -0.2) is 0 Å². The minimum atomic E-state index is -0.232. The van der Waals surface area contributed by atoms with E-state index in [9.17, 15) is 4.79 Å². The van der Waals surface area contributed by atoms with Crippen molar-refractivity contribution in [2.75, 3.05) is 19.0 Å². The Morgan fingerprint density at radius 2 is 1.37 bits per heavy atom. The highest BCUT2D eigenvalue weighted by Crippen LogP contribution is 2.19. The standard InChI is InChI=1S/C22H21NO4/c1-25-19-9-7-18(8-10-19)23-22(24)16-27-21-13-11-20(12-14-21)26-15-17-5-3-2-4-6-17/h2-14H,15-16H2,1H3,(H,23,24). The Morgan fingerprint density at radius 1 is 0.778 bits per heavy atom. The molecule has 138 valence electrons. The van der Waals surface area contributed by atoms with Crippen molar-refractivity contribution in [3.63, 3.8) is 0 Å². The number of methoxy groups -OCH3 is 1. The molecule has 0 heterocycles. The van der Waals surface area contributed by atoms with Crippen LogP contribution in [0.2, 0.25) is 0 Å². The van der Waals surface area contributed by atoms with Gasteiger partial charge >= 0.3 is 0 Å². The Kier molecular flexibility index (Phi) is 6.30. The van der Waals surface area contributed by atoms with Crippen molar-refractivity contribution < 1.29 is 19.0 Å². The molecule has 0 bridgehead atoms. The highest BCUT2D eigenvalue weighted by molar-refractivity contribution is 5.91. The molecule has 0 saturated heterocycles. The Balaban J connectivity index is 1.44. The molecule has 0 aliphatic heterocycles. The summed E-state index contributed by atoms with van der Waals surface area (Å²) in [5.41, 5.74) is 1.79. The average molecular weight is 363 g/mol. The number of carbonyl (C=O) groups is 1. The van der Waals surface area contributed by atoms with E-state index in [0.717, 1.165) is 17.1 Å². The first-order chi connectivity index (χ1) is 13.2. The van der Waals surface area contributed by atoms with Gasteiger partial charge in [-0.3, -0.25) is 4.79 Å². The molecule has 27 heavy (non-hydrogen) atoms. The fourth-order valence-electron chi connectivity index (χ4n) is 2.39. The second-order valence-corrected chi connectivity index (χ2v) is 5.81. The topological polar surface area (TPSA) is 56.8 Å². The zero-order chi connectivity index (χ0) is 18.9. The van der Waals surface area contributed by atoms with E-state index in [1.165, 1.54) is 0 Å². The quantitative estimate of drug-likeness (QED) is 0.649. The second-order valence-electron chi connectivity index (χ2n) is 5.81. The summed E-state index contributed by atoms with van der Waals surface area (Å²) in [6.07, 6.45) is 0. The van der Waals surface area contributed by atoms with Crippen LogP contribution in [0.25, 0.3) is 0 Å². The lowest BCUT2D eigenvalue weighted by atomic mass is 10.2. The summed E-state index contributed by atoms with van der Waals surface area (Å²) < 4.78 is 16.3. The first-order valence-corrected chi connectivity index (χ1v) is 8.56. The maximum Gasteiger partial charge on any atom is 0.262 e. The average Bonchev–Trinajstić information content (AvgIpc) is 2.73. The van der Waals surface area contributed by atoms with Crippen molar-refractivity contribution in [2.45, 2.75) is 6.61 Å². The van der Waals surface area contributed by atoms with Crippen LogP contribution in [0.15, 0.2) is 78.9 Å². The molecule has 3 aromatic rings. The van der Waals surface area contributed by atoms with Crippen molar-refractivity contribution in [1.82, 2.24) is 0 Å². The van der Waals surface area contributed by atoms with E-state index in [1.54, 1.807) is 43.5 Å². The maximum atomic E-state index is 12.0. The number of nitrogens with one attached hydrogen (secondary N) is 1. The normalized spacial score (nSPS) is 10.1. The smallest absolute Gasteiger partial charge is 0.262 e. The molecule has 3 aromatic carbocycles. The van der Waals surface area contributed by atoms with Crippen LogP contribution in [0.3, 0.4) is 0 Å². The van der Waals surface area contributed by atoms with Gasteiger partial charge in [-0.2, -0.15) is 0 Å². The van der Waals surface area contributed by atoms with Crippen LogP contribution < -0.4 is 19.5 Å². The minimum Gasteiger partial charge on any atom is -0.497 e. The molecule has 0 aliphatic rings. The summed E-state index contributed by atoms with van der Waals surface area (Å²) in [6, 6.07) is 24.3. The summed E-state index contributed by atoms with van der Waals surface area (Å²) >= 11 is 0. The zero-order valence-corrected chi connectivity index (χ0v) is 15.1. The molecule has 0 aliphatic carbocycles. The van der Waals surface area contributed by atoms with E-state index in [1.807, 2.05) is 42.5 Å². The van der Waals surface area contributed by atoms with Crippen LogP contribution in [-0.2, 0) is 11.4 Å². The van der Waals surface area contributed by atoms with Crippen LogP contribution in [0, 0.1) is 0 Å². The van der Waals surface area contributed by atoms with E-state index >= 15 is 0 Å². The first-order valence-electron chi connectivity index (χ1n) is 8.56. The van der Waals surface area contributed by atoms with E-state index < -0.39 is 0 Å². The van der Waals surface area contributed by atoms with Gasteiger partial charge in [0.1, 0.15) is 23.9 Å². The molecule has 1 amide bonds. The number of carbonyl (C=O) groups excluding carboxylic acids is 1. The van der Waals surface area contributed by atoms with Crippen LogP contribution in [0.5, 0.6) is 17.2 Å². The fourth-order valence-corrected chi connectivity index (χ4v) is 2.39. The van der Waals surface area contributed by atoms with Gasteiger partial charge in [0.25, 0.3) is 5.91 Å². The highest BCUT2D eigenvalue weighted by atomic mass is 16.5. The largest absolute Gasteiger partial charge is 0.497 e. The third-order valence-electron chi connectivity index (χ3n) is 3.82. The number of hydrogen-bond acceptors (Lipinski definition) is 4. The zero-order valence-electron chi connectivity index (χ0n) is 15.1. The molecule has 3 rings (SSSR count). The predicted molar refractivity (Wildman–Crippen MR) is 104 cm³/mol. The van der Waals surface area contributed by atoms with Gasteiger partial charge in [-0.1, -0.05) is 30.3 Å². The summed E-state index contributed by atoms with van der Waals surface area (Å²) in [5, 5.41) is 2.77. The molecular formula is C22H21NO4. The van der Waals surface area contributed by atoms with Gasteiger partial charge < -0.3 is 19.5 Å². The monoisotopic (exact) mass is 363 g/mol. The number of rotatable bonds is 8. The van der Waals surface area contributed by atoms with Gasteiger partial charge in [0.2, 0.25) is 0 Å². The van der Waals surface area contributed by atoms with Crippen LogP contribution in [0.4, 0.5) is 5.69 Å². The predicted octanol–water partition coefficient (Wildman–Crippen LogP) is 4.29. The van der Waals surface area contributed by atoms with E-state index in [4.69, 9.17) is 14.2 Å². The molecule has 0 spiro atoms. The summed E-state index contributed by atoms with van der Waals surface area (Å²) in [7, 11) is 1.60. The fraction of sp³-hybridized carbons (Fsp3) is 0.136. The van der Waals surface area contributed by atoms with E-state index in [-0.39, 0.29) is 12.5 Å². The summed E-state index contributed by atoms with van der Waals surface area (Å²) in [4.78, 5) is 12.0. The van der Waals surface area contributed by atoms with Crippen LogP contribution in [-0.4, -0.2) is 19.6 Å². The Bertz CT molecular complexity index is 846. The highest BCUT2D eigenvalue weighted by Gasteiger charge is 2.05. The van der Waals surface area contributed by atoms with E-state index in [0.29, 0.717) is 18.0 Å². The summed E-state index contributed by atoms with van der Waals surface area (Å²) in [6.45, 7) is 0.432. The Labute approximate surface area is 158 Å². The number of benzene rings is 3. The molecule has 5 heteroatoms. The van der Waals surface area contributed by atoms with Gasteiger partial charge in [0.15, 0.2) is 6.61 Å². The molecule has 0 saturated carbocycles. The van der Waals surface area contributed by atoms with Crippen molar-refractivity contribution in [3.8, 4) is 17.2 Å². The number of anilines is 1. The van der Waals surface area contributed by atoms with Crippen LogP contribution >= 0.6 is 0 Å². The molecule has 0 unspecified atom stereocenters. The molecule has 1 N–H and O–H groups in total. The lowest BCUT2D eigenvalue weighted by molar-refractivity contribution is -0.118. The lowest BCUT2D eigenvalue weighted by Gasteiger charge is -2.09. The second kappa shape index (κ2) is 9.29. The van der Waals surface area contributed by atoms with Crippen molar-refractivity contribution in [3.05, 3.63) is 84.4 Å². The van der Waals surface area contributed by atoms with Crippen molar-refractivity contribution in [2.24, 2.45) is 0 Å². The SMILES string of the molecule is COc1ccc(NC(=O)COc2ccc(OCc3ccccc3)cc2)cc1. The Morgan fingerprint density at radius 3 is 2.00 bits per heavy atom. The summed E-state index contributed by atoms with van der Waals surface area (Å²) in [5.74, 6) is 1.85. The molecule has 0 atom stereocenters. The number of hydrogen-bond donors (Lipinski definition) is 1. The number of amides is 1. The third-order valence-corrected chi connectivity index (χ3v) is 3.82. The van der Waals surface area contributed by atoms with Crippen molar-refractivity contribution >= 4 is 11.6 Å². The number of ether oxygens (including phenoxy) is 3. The molecule has 5 nitrogen and oxygen atoms in total. The minimum absolute atomic E-state index is 0.0732. The molecule has 0 fully saturated rings. The molecule has 0 radical (unpaired) electrons. The molecular weight excluding hydrogens is 342 g/mol. The lowest BCUT2D eigenvalue weighted by Crippen LogP contribution is -2.20. The van der Waals surface area contributed by atoms with Gasteiger partial charge in [-0.15, -0.1) is 0 Å². The van der Waals surface area contributed by atoms with Gasteiger partial charge in [0, 0.05) is 5.69 Å².